The summed E-state index contributed by atoms with van der Waals surface area (Å²) in [6.45, 7) is 0. The molecule has 2 aliphatic carbocycles. The van der Waals surface area contributed by atoms with E-state index in [-0.39, 0.29) is 0 Å². The third-order valence-electron chi connectivity index (χ3n) is 5.10. The topological polar surface area (TPSA) is 0 Å². The van der Waals surface area contributed by atoms with Gasteiger partial charge in [0.25, 0.3) is 0 Å². The second-order valence-electron chi connectivity index (χ2n) is 6.23. The van der Waals surface area contributed by atoms with Crippen molar-refractivity contribution in [3.8, 4) is 0 Å². The Hall–Kier alpha value is -0.0100. The second-order valence-corrected chi connectivity index (χ2v) is 7.57. The maximum absolute atomic E-state index is 6.69. The minimum absolute atomic E-state index is 0.363. The number of fused-ring (bicyclic) bond motifs is 1. The number of hydrogen-bond donors (Lipinski definition) is 0. The Morgan fingerprint density at radius 3 is 2.78 bits per heavy atom. The first kappa shape index (κ1) is 13.0. The SMILES string of the molecule is ClC(Cc1ccsc1)C1CCC2CCCCC2C1. The minimum Gasteiger partial charge on any atom is -0.152 e. The van der Waals surface area contributed by atoms with Crippen molar-refractivity contribution in [2.45, 2.75) is 56.7 Å². The molecule has 0 spiro atoms. The zero-order chi connectivity index (χ0) is 12.4. The van der Waals surface area contributed by atoms with Crippen LogP contribution in [0.25, 0.3) is 0 Å². The van der Waals surface area contributed by atoms with E-state index in [2.05, 4.69) is 16.8 Å². The molecule has 0 nitrogen and oxygen atoms in total. The van der Waals surface area contributed by atoms with Crippen molar-refractivity contribution < 1.29 is 0 Å². The number of hydrogen-bond acceptors (Lipinski definition) is 1. The van der Waals surface area contributed by atoms with Gasteiger partial charge in [0.15, 0.2) is 0 Å². The molecule has 0 aromatic carbocycles. The lowest BCUT2D eigenvalue weighted by atomic mass is 9.66. The Morgan fingerprint density at radius 1 is 1.17 bits per heavy atom. The fraction of sp³-hybridized carbons (Fsp3) is 0.750. The van der Waals surface area contributed by atoms with E-state index in [0.717, 1.165) is 24.2 Å². The molecule has 1 aromatic rings. The molecule has 2 aliphatic rings. The highest BCUT2D eigenvalue weighted by Gasteiger charge is 2.34. The molecule has 2 fully saturated rings. The van der Waals surface area contributed by atoms with Crippen LogP contribution in [0.2, 0.25) is 0 Å². The predicted octanol–water partition coefficient (Wildman–Crippen LogP) is 5.50. The standard InChI is InChI=1S/C16H23ClS/c17-16(9-12-7-8-18-11-12)15-6-5-13-3-1-2-4-14(13)10-15/h7-8,11,13-16H,1-6,9-10H2. The van der Waals surface area contributed by atoms with Gasteiger partial charge < -0.3 is 0 Å². The molecule has 4 unspecified atom stereocenters. The Balaban J connectivity index is 1.56. The largest absolute Gasteiger partial charge is 0.152 e. The number of halogens is 1. The van der Waals surface area contributed by atoms with Crippen molar-refractivity contribution in [2.24, 2.45) is 17.8 Å². The van der Waals surface area contributed by atoms with Crippen molar-refractivity contribution in [3.63, 3.8) is 0 Å². The van der Waals surface area contributed by atoms with Gasteiger partial charge in [-0.1, -0.05) is 25.7 Å². The first-order chi connectivity index (χ1) is 8.83. The van der Waals surface area contributed by atoms with Crippen LogP contribution in [0.15, 0.2) is 16.8 Å². The first-order valence-electron chi connectivity index (χ1n) is 7.48. The van der Waals surface area contributed by atoms with Crippen molar-refractivity contribution in [3.05, 3.63) is 22.4 Å². The third kappa shape index (κ3) is 2.93. The van der Waals surface area contributed by atoms with Crippen molar-refractivity contribution in [2.75, 3.05) is 0 Å². The fourth-order valence-electron chi connectivity index (χ4n) is 4.04. The number of rotatable bonds is 3. The lowest BCUT2D eigenvalue weighted by Crippen LogP contribution is -2.32. The molecule has 2 saturated carbocycles. The molecule has 4 atom stereocenters. The number of thiophene rings is 1. The summed E-state index contributed by atoms with van der Waals surface area (Å²) in [7, 11) is 0. The highest BCUT2D eigenvalue weighted by Crippen LogP contribution is 2.44. The Labute approximate surface area is 120 Å². The normalized spacial score (nSPS) is 33.9. The quantitative estimate of drug-likeness (QED) is 0.642. The molecule has 0 aliphatic heterocycles. The molecule has 3 rings (SSSR count). The van der Waals surface area contributed by atoms with Crippen LogP contribution in [0.3, 0.4) is 0 Å². The summed E-state index contributed by atoms with van der Waals surface area (Å²) >= 11 is 8.47. The van der Waals surface area contributed by atoms with Gasteiger partial charge in [-0.2, -0.15) is 11.3 Å². The monoisotopic (exact) mass is 282 g/mol. The average Bonchev–Trinajstić information content (AvgIpc) is 2.91. The highest BCUT2D eigenvalue weighted by molar-refractivity contribution is 7.07. The van der Waals surface area contributed by atoms with E-state index in [1.165, 1.54) is 50.5 Å². The Kier molecular flexibility index (Phi) is 4.31. The van der Waals surface area contributed by atoms with Gasteiger partial charge in [-0.3, -0.25) is 0 Å². The van der Waals surface area contributed by atoms with Crippen molar-refractivity contribution in [1.82, 2.24) is 0 Å². The van der Waals surface area contributed by atoms with E-state index in [9.17, 15) is 0 Å². The molecule has 2 heteroatoms. The molecular weight excluding hydrogens is 260 g/mol. The molecule has 0 N–H and O–H groups in total. The summed E-state index contributed by atoms with van der Waals surface area (Å²) in [6.07, 6.45) is 11.2. The van der Waals surface area contributed by atoms with E-state index in [4.69, 9.17) is 11.6 Å². The summed E-state index contributed by atoms with van der Waals surface area (Å²) in [4.78, 5) is 0. The van der Waals surface area contributed by atoms with Gasteiger partial charge in [-0.25, -0.2) is 0 Å². The van der Waals surface area contributed by atoms with Crippen LogP contribution in [0, 0.1) is 17.8 Å². The number of alkyl halides is 1. The molecule has 0 bridgehead atoms. The summed E-state index contributed by atoms with van der Waals surface area (Å²) in [5.74, 6) is 2.81. The van der Waals surface area contributed by atoms with Gasteiger partial charge in [-0.05, 0) is 65.8 Å². The zero-order valence-corrected chi connectivity index (χ0v) is 12.6. The van der Waals surface area contributed by atoms with Crippen LogP contribution in [-0.4, -0.2) is 5.38 Å². The molecule has 0 amide bonds. The van der Waals surface area contributed by atoms with Crippen molar-refractivity contribution in [1.29, 1.82) is 0 Å². The second kappa shape index (κ2) is 5.96. The van der Waals surface area contributed by atoms with Crippen LogP contribution in [-0.2, 0) is 6.42 Å². The van der Waals surface area contributed by atoms with Gasteiger partial charge >= 0.3 is 0 Å². The maximum Gasteiger partial charge on any atom is 0.0404 e. The van der Waals surface area contributed by atoms with Gasteiger partial charge in [0.2, 0.25) is 0 Å². The summed E-state index contributed by atoms with van der Waals surface area (Å²) in [6, 6.07) is 2.23. The average molecular weight is 283 g/mol. The van der Waals surface area contributed by atoms with Gasteiger partial charge in [0, 0.05) is 5.38 Å². The Morgan fingerprint density at radius 2 is 2.00 bits per heavy atom. The third-order valence-corrected chi connectivity index (χ3v) is 6.35. The summed E-state index contributed by atoms with van der Waals surface area (Å²) in [5, 5.41) is 4.78. The zero-order valence-electron chi connectivity index (χ0n) is 11.0. The molecule has 1 heterocycles. The van der Waals surface area contributed by atoms with Crippen LogP contribution < -0.4 is 0 Å². The van der Waals surface area contributed by atoms with Crippen LogP contribution in [0.1, 0.15) is 50.5 Å². The molecule has 18 heavy (non-hydrogen) atoms. The smallest absolute Gasteiger partial charge is 0.0404 e. The summed E-state index contributed by atoms with van der Waals surface area (Å²) in [5.41, 5.74) is 1.44. The van der Waals surface area contributed by atoms with Gasteiger partial charge in [0.05, 0.1) is 0 Å². The van der Waals surface area contributed by atoms with E-state index in [1.54, 1.807) is 11.3 Å². The molecular formula is C16H23ClS. The first-order valence-corrected chi connectivity index (χ1v) is 8.86. The molecule has 0 radical (unpaired) electrons. The minimum atomic E-state index is 0.363. The van der Waals surface area contributed by atoms with Crippen LogP contribution in [0.5, 0.6) is 0 Å². The van der Waals surface area contributed by atoms with Crippen LogP contribution in [0.4, 0.5) is 0 Å². The molecule has 1 aromatic heterocycles. The summed E-state index contributed by atoms with van der Waals surface area (Å²) < 4.78 is 0. The molecule has 100 valence electrons. The van der Waals surface area contributed by atoms with Gasteiger partial charge in [-0.15, -0.1) is 11.6 Å². The lowest BCUT2D eigenvalue weighted by Gasteiger charge is -2.40. The van der Waals surface area contributed by atoms with Crippen molar-refractivity contribution >= 4 is 22.9 Å². The van der Waals surface area contributed by atoms with Gasteiger partial charge in [0.1, 0.15) is 0 Å². The van der Waals surface area contributed by atoms with E-state index in [1.807, 2.05) is 0 Å². The maximum atomic E-state index is 6.69. The predicted molar refractivity (Wildman–Crippen MR) is 80.5 cm³/mol. The van der Waals surface area contributed by atoms with E-state index < -0.39 is 0 Å². The van der Waals surface area contributed by atoms with E-state index >= 15 is 0 Å². The molecule has 0 saturated heterocycles. The highest BCUT2D eigenvalue weighted by atomic mass is 35.5. The van der Waals surface area contributed by atoms with E-state index in [0.29, 0.717) is 5.38 Å². The van der Waals surface area contributed by atoms with Crippen LogP contribution >= 0.6 is 22.9 Å². The fourth-order valence-corrected chi connectivity index (χ4v) is 5.13. The lowest BCUT2D eigenvalue weighted by molar-refractivity contribution is 0.127. The Bertz CT molecular complexity index is 359.